The summed E-state index contributed by atoms with van der Waals surface area (Å²) >= 11 is 0. The molecule has 0 bridgehead atoms. The van der Waals surface area contributed by atoms with Gasteiger partial charge in [-0.05, 0) is 96.4 Å². The summed E-state index contributed by atoms with van der Waals surface area (Å²) in [5.74, 6) is 0.709. The standard InChI is InChI=1S/C57H38N2O/c1-57(2)48-23-12-22-45(54(48)47-32-38-16-6-7-17-39(38)33-49(47)57)51-34-50(58-56(59-51)37-14-4-3-5-15-37)44-31-30-40(42-18-8-9-19-43(42)44)35-26-28-36(29-27-35)41-21-13-25-53-55(41)46-20-10-11-24-52(46)60-53/h3-34H,1-2H3. The van der Waals surface area contributed by atoms with E-state index < -0.39 is 0 Å². The second-order valence-corrected chi connectivity index (χ2v) is 16.5. The highest BCUT2D eigenvalue weighted by Crippen LogP contribution is 2.53. The fraction of sp³-hybridized carbons (Fsp3) is 0.0526. The Morgan fingerprint density at radius 2 is 0.967 bits per heavy atom. The van der Waals surface area contributed by atoms with Gasteiger partial charge in [0.15, 0.2) is 5.82 Å². The lowest BCUT2D eigenvalue weighted by atomic mass is 9.81. The number of rotatable bonds is 5. The number of hydrogen-bond donors (Lipinski definition) is 0. The third-order valence-corrected chi connectivity index (χ3v) is 12.7. The van der Waals surface area contributed by atoms with Crippen LogP contribution in [0.25, 0.3) is 111 Å². The number of furan rings is 1. The van der Waals surface area contributed by atoms with E-state index >= 15 is 0 Å². The quantitative estimate of drug-likeness (QED) is 0.175. The molecule has 0 radical (unpaired) electrons. The summed E-state index contributed by atoms with van der Waals surface area (Å²) in [6, 6.07) is 69.5. The molecule has 11 aromatic rings. The molecule has 0 unspecified atom stereocenters. The van der Waals surface area contributed by atoms with Crippen molar-refractivity contribution in [1.29, 1.82) is 0 Å². The number of fused-ring (bicyclic) bond motifs is 8. The molecule has 282 valence electrons. The van der Waals surface area contributed by atoms with E-state index in [0.29, 0.717) is 5.82 Å². The smallest absolute Gasteiger partial charge is 0.160 e. The molecule has 2 aromatic heterocycles. The average molecular weight is 767 g/mol. The molecule has 12 rings (SSSR count). The third-order valence-electron chi connectivity index (χ3n) is 12.7. The monoisotopic (exact) mass is 766 g/mol. The highest BCUT2D eigenvalue weighted by molar-refractivity contribution is 6.12. The molecule has 0 saturated heterocycles. The number of para-hydroxylation sites is 1. The van der Waals surface area contributed by atoms with Crippen molar-refractivity contribution in [3.05, 3.63) is 205 Å². The van der Waals surface area contributed by atoms with Crippen LogP contribution in [0.2, 0.25) is 0 Å². The van der Waals surface area contributed by atoms with Crippen LogP contribution >= 0.6 is 0 Å². The first-order valence-electron chi connectivity index (χ1n) is 20.6. The average Bonchev–Trinajstić information content (AvgIpc) is 3.80. The zero-order valence-corrected chi connectivity index (χ0v) is 33.3. The van der Waals surface area contributed by atoms with Crippen molar-refractivity contribution in [2.45, 2.75) is 19.3 Å². The van der Waals surface area contributed by atoms with E-state index in [4.69, 9.17) is 14.4 Å². The molecular weight excluding hydrogens is 729 g/mol. The van der Waals surface area contributed by atoms with E-state index in [-0.39, 0.29) is 5.41 Å². The molecule has 3 nitrogen and oxygen atoms in total. The van der Waals surface area contributed by atoms with Crippen LogP contribution < -0.4 is 0 Å². The maximum absolute atomic E-state index is 6.22. The first-order valence-corrected chi connectivity index (χ1v) is 20.6. The Kier molecular flexibility index (Phi) is 7.58. The van der Waals surface area contributed by atoms with Gasteiger partial charge in [0.05, 0.1) is 11.4 Å². The summed E-state index contributed by atoms with van der Waals surface area (Å²) in [6.07, 6.45) is 0. The van der Waals surface area contributed by atoms with Gasteiger partial charge in [0.2, 0.25) is 0 Å². The topological polar surface area (TPSA) is 38.9 Å². The lowest BCUT2D eigenvalue weighted by Gasteiger charge is -2.22. The summed E-state index contributed by atoms with van der Waals surface area (Å²) in [5.41, 5.74) is 16.5. The summed E-state index contributed by atoms with van der Waals surface area (Å²) < 4.78 is 6.22. The van der Waals surface area contributed by atoms with Crippen molar-refractivity contribution >= 4 is 43.5 Å². The van der Waals surface area contributed by atoms with E-state index in [2.05, 4.69) is 190 Å². The Labute approximate surface area is 348 Å². The van der Waals surface area contributed by atoms with E-state index in [1.54, 1.807) is 0 Å². The van der Waals surface area contributed by atoms with Crippen molar-refractivity contribution in [2.75, 3.05) is 0 Å². The van der Waals surface area contributed by atoms with Gasteiger partial charge in [-0.3, -0.25) is 0 Å². The van der Waals surface area contributed by atoms with Crippen LogP contribution in [0.1, 0.15) is 25.0 Å². The molecule has 0 atom stereocenters. The lowest BCUT2D eigenvalue weighted by Crippen LogP contribution is -2.14. The molecule has 1 aliphatic rings. The van der Waals surface area contributed by atoms with Gasteiger partial charge in [-0.2, -0.15) is 0 Å². The largest absolute Gasteiger partial charge is 0.456 e. The molecular formula is C57H38N2O. The molecule has 1 aliphatic carbocycles. The zero-order valence-electron chi connectivity index (χ0n) is 33.3. The van der Waals surface area contributed by atoms with Crippen molar-refractivity contribution in [1.82, 2.24) is 9.97 Å². The fourth-order valence-corrected chi connectivity index (χ4v) is 9.74. The van der Waals surface area contributed by atoms with Crippen molar-refractivity contribution < 1.29 is 4.42 Å². The predicted octanol–water partition coefficient (Wildman–Crippen LogP) is 15.3. The fourth-order valence-electron chi connectivity index (χ4n) is 9.74. The second kappa shape index (κ2) is 13.2. The first-order chi connectivity index (χ1) is 29.5. The maximum atomic E-state index is 6.22. The van der Waals surface area contributed by atoms with Gasteiger partial charge in [0, 0.05) is 32.9 Å². The molecule has 0 aliphatic heterocycles. The Hall–Kier alpha value is -7.62. The molecule has 0 N–H and O–H groups in total. The third kappa shape index (κ3) is 5.29. The van der Waals surface area contributed by atoms with Gasteiger partial charge in [-0.15, -0.1) is 0 Å². The minimum Gasteiger partial charge on any atom is -0.456 e. The summed E-state index contributed by atoms with van der Waals surface area (Å²) in [4.78, 5) is 10.7. The van der Waals surface area contributed by atoms with Gasteiger partial charge < -0.3 is 4.42 Å². The normalized spacial score (nSPS) is 13.0. The van der Waals surface area contributed by atoms with Crippen LogP contribution in [0.15, 0.2) is 199 Å². The number of benzene rings is 9. The van der Waals surface area contributed by atoms with Gasteiger partial charge in [0.25, 0.3) is 0 Å². The number of aromatic nitrogens is 2. The van der Waals surface area contributed by atoms with Gasteiger partial charge in [0.1, 0.15) is 11.2 Å². The van der Waals surface area contributed by atoms with E-state index in [0.717, 1.165) is 66.5 Å². The molecule has 0 saturated carbocycles. The second-order valence-electron chi connectivity index (χ2n) is 16.5. The number of hydrogen-bond acceptors (Lipinski definition) is 3. The molecule has 0 amide bonds. The van der Waals surface area contributed by atoms with Crippen molar-refractivity contribution in [3.8, 4) is 67.3 Å². The van der Waals surface area contributed by atoms with Crippen molar-refractivity contribution in [3.63, 3.8) is 0 Å². The molecule has 0 fully saturated rings. The number of nitrogens with zero attached hydrogens (tertiary/aromatic N) is 2. The van der Waals surface area contributed by atoms with Crippen LogP contribution in [0.4, 0.5) is 0 Å². The predicted molar refractivity (Wildman–Crippen MR) is 249 cm³/mol. The van der Waals surface area contributed by atoms with Crippen LogP contribution in [0.3, 0.4) is 0 Å². The minimum absolute atomic E-state index is 0.159. The Morgan fingerprint density at radius 1 is 0.383 bits per heavy atom. The van der Waals surface area contributed by atoms with Crippen LogP contribution in [0, 0.1) is 0 Å². The summed E-state index contributed by atoms with van der Waals surface area (Å²) in [5, 5.41) is 7.12. The highest BCUT2D eigenvalue weighted by atomic mass is 16.3. The molecule has 2 heterocycles. The van der Waals surface area contributed by atoms with E-state index in [1.165, 1.54) is 49.5 Å². The molecule has 3 heteroatoms. The maximum Gasteiger partial charge on any atom is 0.160 e. The molecule has 9 aromatic carbocycles. The zero-order chi connectivity index (χ0) is 40.0. The Bertz CT molecular complexity index is 3500. The van der Waals surface area contributed by atoms with Crippen LogP contribution in [-0.4, -0.2) is 9.97 Å². The van der Waals surface area contributed by atoms with E-state index in [9.17, 15) is 0 Å². The molecule has 0 spiro atoms. The first kappa shape index (κ1) is 34.4. The SMILES string of the molecule is CC1(C)c2cc3ccccc3cc2-c2c(-c3cc(-c4ccc(-c5ccc(-c6cccc7oc8ccccc8c67)cc5)c5ccccc45)nc(-c4ccccc4)n3)cccc21. The van der Waals surface area contributed by atoms with Gasteiger partial charge >= 0.3 is 0 Å². The summed E-state index contributed by atoms with van der Waals surface area (Å²) in [7, 11) is 0. The van der Waals surface area contributed by atoms with E-state index in [1.807, 2.05) is 18.2 Å². The Morgan fingerprint density at radius 3 is 1.75 bits per heavy atom. The van der Waals surface area contributed by atoms with Crippen LogP contribution in [-0.2, 0) is 5.41 Å². The van der Waals surface area contributed by atoms with Crippen molar-refractivity contribution in [2.24, 2.45) is 0 Å². The van der Waals surface area contributed by atoms with Gasteiger partial charge in [-0.1, -0.05) is 178 Å². The Balaban J connectivity index is 1.01. The highest BCUT2D eigenvalue weighted by Gasteiger charge is 2.37. The lowest BCUT2D eigenvalue weighted by molar-refractivity contribution is 0.661. The molecule has 60 heavy (non-hydrogen) atoms. The van der Waals surface area contributed by atoms with Crippen LogP contribution in [0.5, 0.6) is 0 Å². The minimum atomic E-state index is -0.159. The summed E-state index contributed by atoms with van der Waals surface area (Å²) in [6.45, 7) is 4.69. The van der Waals surface area contributed by atoms with Gasteiger partial charge in [-0.25, -0.2) is 9.97 Å².